The largest absolute Gasteiger partial charge is 0.416 e. The molecule has 5 heteroatoms. The average Bonchev–Trinajstić information content (AvgIpc) is 2.52. The highest BCUT2D eigenvalue weighted by atomic mass is 79.9. The summed E-state index contributed by atoms with van der Waals surface area (Å²) in [5, 5.41) is 0. The fourth-order valence-corrected chi connectivity index (χ4v) is 3.09. The Morgan fingerprint density at radius 2 is 1.70 bits per heavy atom. The van der Waals surface area contributed by atoms with E-state index in [2.05, 4.69) is 15.9 Å². The molecular formula is C18H19BrF3N. The molecule has 0 spiro atoms. The van der Waals surface area contributed by atoms with Gasteiger partial charge < -0.3 is 5.73 Å². The SMILES string of the molecule is CC(c1ccc(Br)cc1)C(CCN)c1cccc(C(F)(F)F)c1. The van der Waals surface area contributed by atoms with E-state index in [-0.39, 0.29) is 11.8 Å². The maximum Gasteiger partial charge on any atom is 0.416 e. The van der Waals surface area contributed by atoms with Crippen LogP contribution >= 0.6 is 15.9 Å². The third kappa shape index (κ3) is 4.58. The zero-order valence-electron chi connectivity index (χ0n) is 12.8. The number of rotatable bonds is 5. The molecule has 2 unspecified atom stereocenters. The second-order valence-electron chi connectivity index (χ2n) is 5.65. The van der Waals surface area contributed by atoms with Gasteiger partial charge in [-0.05, 0) is 54.1 Å². The van der Waals surface area contributed by atoms with Crippen LogP contribution in [0, 0.1) is 0 Å². The van der Waals surface area contributed by atoms with Crippen LogP contribution < -0.4 is 5.73 Å². The van der Waals surface area contributed by atoms with Crippen LogP contribution in [-0.2, 0) is 6.18 Å². The average molecular weight is 386 g/mol. The highest BCUT2D eigenvalue weighted by Crippen LogP contribution is 2.38. The molecule has 0 radical (unpaired) electrons. The van der Waals surface area contributed by atoms with Gasteiger partial charge in [0.05, 0.1) is 5.56 Å². The van der Waals surface area contributed by atoms with Gasteiger partial charge in [-0.2, -0.15) is 13.2 Å². The Morgan fingerprint density at radius 1 is 1.04 bits per heavy atom. The molecular weight excluding hydrogens is 367 g/mol. The van der Waals surface area contributed by atoms with Crippen LogP contribution in [0.4, 0.5) is 13.2 Å². The van der Waals surface area contributed by atoms with Gasteiger partial charge in [-0.3, -0.25) is 0 Å². The Kier molecular flexibility index (Phi) is 5.87. The molecule has 2 aromatic rings. The number of alkyl halides is 3. The summed E-state index contributed by atoms with van der Waals surface area (Å²) in [5.74, 6) is 0.0265. The van der Waals surface area contributed by atoms with Crippen LogP contribution in [0.5, 0.6) is 0 Å². The maximum absolute atomic E-state index is 13.0. The predicted octanol–water partition coefficient (Wildman–Crippen LogP) is 5.70. The fourth-order valence-electron chi connectivity index (χ4n) is 2.83. The molecule has 0 aliphatic carbocycles. The summed E-state index contributed by atoms with van der Waals surface area (Å²) >= 11 is 3.39. The van der Waals surface area contributed by atoms with Gasteiger partial charge in [-0.15, -0.1) is 0 Å². The minimum absolute atomic E-state index is 0.0523. The van der Waals surface area contributed by atoms with Gasteiger partial charge >= 0.3 is 6.18 Å². The third-order valence-corrected chi connectivity index (χ3v) is 4.65. The number of hydrogen-bond acceptors (Lipinski definition) is 1. The standard InChI is InChI=1S/C18H19BrF3N/c1-12(13-5-7-16(19)8-6-13)17(9-10-23)14-3-2-4-15(11-14)18(20,21)22/h2-8,11-12,17H,9-10,23H2,1H3. The van der Waals surface area contributed by atoms with Crippen molar-refractivity contribution in [2.75, 3.05) is 6.54 Å². The van der Waals surface area contributed by atoms with E-state index in [0.29, 0.717) is 18.5 Å². The number of hydrogen-bond donors (Lipinski definition) is 1. The molecule has 0 bridgehead atoms. The van der Waals surface area contributed by atoms with Crippen molar-refractivity contribution in [2.24, 2.45) is 5.73 Å². The van der Waals surface area contributed by atoms with Crippen LogP contribution in [0.2, 0.25) is 0 Å². The summed E-state index contributed by atoms with van der Waals surface area (Å²) in [6.07, 6.45) is -3.69. The molecule has 2 aromatic carbocycles. The van der Waals surface area contributed by atoms with Gasteiger partial charge in [0.25, 0.3) is 0 Å². The summed E-state index contributed by atoms with van der Waals surface area (Å²) < 4.78 is 39.8. The molecule has 124 valence electrons. The molecule has 0 saturated heterocycles. The van der Waals surface area contributed by atoms with E-state index in [1.54, 1.807) is 6.07 Å². The summed E-state index contributed by atoms with van der Waals surface area (Å²) in [5.41, 5.74) is 6.86. The van der Waals surface area contributed by atoms with Crippen molar-refractivity contribution in [1.29, 1.82) is 0 Å². The quantitative estimate of drug-likeness (QED) is 0.701. The molecule has 0 aliphatic heterocycles. The second-order valence-corrected chi connectivity index (χ2v) is 6.56. The van der Waals surface area contributed by atoms with Gasteiger partial charge in [0.15, 0.2) is 0 Å². The molecule has 0 fully saturated rings. The summed E-state index contributed by atoms with van der Waals surface area (Å²) in [4.78, 5) is 0. The zero-order chi connectivity index (χ0) is 17.0. The van der Waals surface area contributed by atoms with Crippen LogP contribution in [0.15, 0.2) is 53.0 Å². The molecule has 1 nitrogen and oxygen atoms in total. The first-order valence-electron chi connectivity index (χ1n) is 7.45. The maximum atomic E-state index is 13.0. The predicted molar refractivity (Wildman–Crippen MR) is 90.4 cm³/mol. The van der Waals surface area contributed by atoms with E-state index in [4.69, 9.17) is 5.73 Å². The van der Waals surface area contributed by atoms with Crippen molar-refractivity contribution in [2.45, 2.75) is 31.4 Å². The first-order valence-corrected chi connectivity index (χ1v) is 8.25. The number of nitrogens with two attached hydrogens (primary N) is 1. The van der Waals surface area contributed by atoms with Crippen LogP contribution in [-0.4, -0.2) is 6.54 Å². The smallest absolute Gasteiger partial charge is 0.330 e. The zero-order valence-corrected chi connectivity index (χ0v) is 14.4. The van der Waals surface area contributed by atoms with Crippen LogP contribution in [0.25, 0.3) is 0 Å². The lowest BCUT2D eigenvalue weighted by atomic mass is 9.80. The normalized spacial score (nSPS) is 14.5. The van der Waals surface area contributed by atoms with Crippen molar-refractivity contribution in [3.63, 3.8) is 0 Å². The van der Waals surface area contributed by atoms with E-state index >= 15 is 0 Å². The van der Waals surface area contributed by atoms with Crippen LogP contribution in [0.1, 0.15) is 41.9 Å². The minimum Gasteiger partial charge on any atom is -0.330 e. The summed E-state index contributed by atoms with van der Waals surface area (Å²) in [6.45, 7) is 2.46. The van der Waals surface area contributed by atoms with Gasteiger partial charge in [0.1, 0.15) is 0 Å². The van der Waals surface area contributed by atoms with E-state index in [0.717, 1.165) is 16.1 Å². The van der Waals surface area contributed by atoms with Gasteiger partial charge in [-0.1, -0.05) is 53.2 Å². The van der Waals surface area contributed by atoms with Gasteiger partial charge in [-0.25, -0.2) is 0 Å². The molecule has 0 heterocycles. The second kappa shape index (κ2) is 7.49. The van der Waals surface area contributed by atoms with E-state index < -0.39 is 11.7 Å². The van der Waals surface area contributed by atoms with Crippen molar-refractivity contribution >= 4 is 15.9 Å². The molecule has 0 amide bonds. The highest BCUT2D eigenvalue weighted by Gasteiger charge is 2.31. The van der Waals surface area contributed by atoms with Crippen molar-refractivity contribution in [1.82, 2.24) is 0 Å². The van der Waals surface area contributed by atoms with Crippen molar-refractivity contribution < 1.29 is 13.2 Å². The van der Waals surface area contributed by atoms with Crippen LogP contribution in [0.3, 0.4) is 0 Å². The van der Waals surface area contributed by atoms with E-state index in [1.165, 1.54) is 12.1 Å². The van der Waals surface area contributed by atoms with Gasteiger partial charge in [0.2, 0.25) is 0 Å². The minimum atomic E-state index is -4.33. The lowest BCUT2D eigenvalue weighted by Gasteiger charge is -2.25. The van der Waals surface area contributed by atoms with E-state index in [1.807, 2.05) is 31.2 Å². The molecule has 2 N–H and O–H groups in total. The first kappa shape index (κ1) is 18.0. The molecule has 0 saturated carbocycles. The Morgan fingerprint density at radius 3 is 2.26 bits per heavy atom. The van der Waals surface area contributed by atoms with Crippen molar-refractivity contribution in [3.05, 3.63) is 69.7 Å². The topological polar surface area (TPSA) is 26.0 Å². The molecule has 23 heavy (non-hydrogen) atoms. The number of halogens is 4. The Balaban J connectivity index is 2.36. The van der Waals surface area contributed by atoms with Gasteiger partial charge in [0, 0.05) is 4.47 Å². The number of benzene rings is 2. The molecule has 2 rings (SSSR count). The third-order valence-electron chi connectivity index (χ3n) is 4.12. The molecule has 0 aliphatic rings. The lowest BCUT2D eigenvalue weighted by molar-refractivity contribution is -0.137. The molecule has 0 aromatic heterocycles. The summed E-state index contributed by atoms with van der Waals surface area (Å²) in [6, 6.07) is 13.4. The fraction of sp³-hybridized carbons (Fsp3) is 0.333. The summed E-state index contributed by atoms with van der Waals surface area (Å²) in [7, 11) is 0. The lowest BCUT2D eigenvalue weighted by Crippen LogP contribution is -2.15. The van der Waals surface area contributed by atoms with E-state index in [9.17, 15) is 13.2 Å². The monoisotopic (exact) mass is 385 g/mol. The van der Waals surface area contributed by atoms with Crippen molar-refractivity contribution in [3.8, 4) is 0 Å². The Hall–Kier alpha value is -1.33. The Bertz CT molecular complexity index is 637. The highest BCUT2D eigenvalue weighted by molar-refractivity contribution is 9.10. The Labute approximate surface area is 142 Å². The molecule has 2 atom stereocenters. The first-order chi connectivity index (χ1) is 10.8.